The Balaban J connectivity index is 1.59. The molecule has 0 spiro atoms. The van der Waals surface area contributed by atoms with Gasteiger partial charge in [-0.05, 0) is 29.3 Å². The van der Waals surface area contributed by atoms with Crippen LogP contribution in [0.5, 0.6) is 0 Å². The van der Waals surface area contributed by atoms with Crippen LogP contribution in [0.4, 0.5) is 14.5 Å². The highest BCUT2D eigenvalue weighted by Gasteiger charge is 2.17. The van der Waals surface area contributed by atoms with Gasteiger partial charge in [0.2, 0.25) is 5.78 Å². The normalized spacial score (nSPS) is 10.9. The van der Waals surface area contributed by atoms with Crippen LogP contribution in [0.15, 0.2) is 91.1 Å². The Hall–Kier alpha value is -3.80. The molecular formula is C23H17F2N3O. The lowest BCUT2D eigenvalue weighted by Gasteiger charge is -2.09. The van der Waals surface area contributed by atoms with Crippen LogP contribution in [-0.4, -0.2) is 15.7 Å². The third-order valence-electron chi connectivity index (χ3n) is 4.46. The molecule has 144 valence electrons. The molecule has 0 atom stereocenters. The van der Waals surface area contributed by atoms with Gasteiger partial charge in [0.15, 0.2) is 0 Å². The monoisotopic (exact) mass is 389 g/mol. The molecule has 1 heterocycles. The molecule has 1 N–H and O–H groups in total. The van der Waals surface area contributed by atoms with Gasteiger partial charge in [0, 0.05) is 17.3 Å². The zero-order chi connectivity index (χ0) is 20.2. The minimum atomic E-state index is -2.55. The van der Waals surface area contributed by atoms with E-state index in [1.165, 1.54) is 23.0 Å². The summed E-state index contributed by atoms with van der Waals surface area (Å²) in [5, 5.41) is 4.26. The number of nitrogens with one attached hydrogen (secondary N) is 1. The molecule has 1 aromatic heterocycles. The summed E-state index contributed by atoms with van der Waals surface area (Å²) >= 11 is 0. The fourth-order valence-corrected chi connectivity index (χ4v) is 3.07. The molecule has 0 saturated carbocycles. The van der Waals surface area contributed by atoms with E-state index in [1.54, 1.807) is 24.4 Å². The molecular weight excluding hydrogens is 372 g/mol. The maximum Gasteiger partial charge on any atom is 0.263 e. The smallest absolute Gasteiger partial charge is 0.263 e. The average molecular weight is 389 g/mol. The van der Waals surface area contributed by atoms with Gasteiger partial charge in [-0.15, -0.1) is 5.10 Å². The number of aromatic nitrogens is 2. The van der Waals surface area contributed by atoms with E-state index >= 15 is 0 Å². The molecule has 4 aromatic rings. The third-order valence-corrected chi connectivity index (χ3v) is 4.46. The van der Waals surface area contributed by atoms with Crippen molar-refractivity contribution < 1.29 is 13.6 Å². The van der Waals surface area contributed by atoms with Gasteiger partial charge in [0.05, 0.1) is 5.69 Å². The van der Waals surface area contributed by atoms with Gasteiger partial charge in [-0.1, -0.05) is 66.7 Å². The average Bonchev–Trinajstić information content (AvgIpc) is 3.22. The van der Waals surface area contributed by atoms with Gasteiger partial charge in [-0.2, -0.15) is 4.79 Å². The summed E-state index contributed by atoms with van der Waals surface area (Å²) in [5.74, 6) is -0.216. The van der Waals surface area contributed by atoms with Crippen molar-refractivity contribution in [3.63, 3.8) is 0 Å². The second-order valence-corrected chi connectivity index (χ2v) is 6.42. The number of halogens is 2. The zero-order valence-electron chi connectivity index (χ0n) is 15.3. The molecule has 4 nitrogen and oxygen atoms in total. The van der Waals surface area contributed by atoms with Gasteiger partial charge >= 0.3 is 0 Å². The number of hydrogen-bond donors (Lipinski definition) is 1. The summed E-state index contributed by atoms with van der Waals surface area (Å²) < 4.78 is 25.7. The molecule has 3 aromatic carbocycles. The number of nitrogens with zero attached hydrogens (tertiary/aromatic N) is 2. The van der Waals surface area contributed by atoms with E-state index in [9.17, 15) is 13.6 Å². The van der Waals surface area contributed by atoms with Crippen molar-refractivity contribution in [1.29, 1.82) is 0 Å². The predicted octanol–water partition coefficient (Wildman–Crippen LogP) is 5.59. The molecule has 0 bridgehead atoms. The summed E-state index contributed by atoms with van der Waals surface area (Å²) in [7, 11) is 0. The summed E-state index contributed by atoms with van der Waals surface area (Å²) in [6, 6.07) is 24.5. The van der Waals surface area contributed by atoms with Gasteiger partial charge in [-0.25, -0.2) is 8.78 Å². The highest BCUT2D eigenvalue weighted by atomic mass is 19.3. The summed E-state index contributed by atoms with van der Waals surface area (Å²) in [4.78, 5) is 14.4. The van der Waals surface area contributed by atoms with Crippen LogP contribution in [-0.2, 0) is 0 Å². The maximum atomic E-state index is 13.0. The Morgan fingerprint density at radius 3 is 2.45 bits per heavy atom. The van der Waals surface area contributed by atoms with E-state index in [4.69, 9.17) is 0 Å². The number of carbonyl (C=O) groups excluding carboxylic acids is 1. The molecule has 0 fully saturated rings. The number of benzene rings is 3. The Labute approximate surface area is 166 Å². The van der Waals surface area contributed by atoms with E-state index in [-0.39, 0.29) is 17.0 Å². The van der Waals surface area contributed by atoms with Crippen molar-refractivity contribution in [3.8, 4) is 11.1 Å². The minimum absolute atomic E-state index is 0.0877. The fourth-order valence-electron chi connectivity index (χ4n) is 3.07. The van der Waals surface area contributed by atoms with E-state index < -0.39 is 6.43 Å². The van der Waals surface area contributed by atoms with Gasteiger partial charge in [0.25, 0.3) is 6.43 Å². The summed E-state index contributed by atoms with van der Waals surface area (Å²) in [6.45, 7) is 0. The van der Waals surface area contributed by atoms with Crippen molar-refractivity contribution in [3.05, 3.63) is 108 Å². The van der Waals surface area contributed by atoms with Crippen LogP contribution in [0.25, 0.3) is 11.1 Å². The number of rotatable bonds is 6. The van der Waals surface area contributed by atoms with Crippen LogP contribution in [0.3, 0.4) is 0 Å². The first-order chi connectivity index (χ1) is 14.1. The van der Waals surface area contributed by atoms with Gasteiger partial charge in [0.1, 0.15) is 5.69 Å². The Bertz CT molecular complexity index is 1140. The van der Waals surface area contributed by atoms with Crippen LogP contribution in [0.2, 0.25) is 0 Å². The molecule has 0 aliphatic carbocycles. The lowest BCUT2D eigenvalue weighted by atomic mass is 9.96. The van der Waals surface area contributed by atoms with Crippen molar-refractivity contribution in [2.75, 3.05) is 5.43 Å². The number of ketones is 1. The molecule has 0 aliphatic rings. The first kappa shape index (κ1) is 18.6. The molecule has 0 radical (unpaired) electrons. The van der Waals surface area contributed by atoms with Crippen LogP contribution in [0, 0.1) is 0 Å². The number of hydrogen-bond acceptors (Lipinski definition) is 3. The second kappa shape index (κ2) is 8.06. The molecule has 0 saturated heterocycles. The lowest BCUT2D eigenvalue weighted by molar-refractivity contribution is 0.103. The highest BCUT2D eigenvalue weighted by molar-refractivity contribution is 6.11. The van der Waals surface area contributed by atoms with Crippen LogP contribution < -0.4 is 5.43 Å². The fraction of sp³-hybridized carbons (Fsp3) is 0.0435. The Kier molecular flexibility index (Phi) is 5.16. The molecule has 6 heteroatoms. The number of alkyl halides is 2. The van der Waals surface area contributed by atoms with Gasteiger partial charge in [-0.3, -0.25) is 10.2 Å². The Morgan fingerprint density at radius 1 is 0.897 bits per heavy atom. The molecule has 4 rings (SSSR count). The Morgan fingerprint density at radius 2 is 1.66 bits per heavy atom. The molecule has 29 heavy (non-hydrogen) atoms. The standard InChI is InChI=1S/C23H17F2N3O/c24-23(25)17-9-6-10-18(15-17)26-28-14-13-21(27-28)22(29)20-12-5-4-11-19(20)16-7-2-1-3-8-16/h1-15,23,26H. The van der Waals surface area contributed by atoms with E-state index in [0.717, 1.165) is 11.1 Å². The first-order valence-corrected chi connectivity index (χ1v) is 9.02. The largest absolute Gasteiger partial charge is 0.287 e. The summed E-state index contributed by atoms with van der Waals surface area (Å²) in [5.41, 5.74) is 5.83. The minimum Gasteiger partial charge on any atom is -0.287 e. The lowest BCUT2D eigenvalue weighted by Crippen LogP contribution is -2.12. The van der Waals surface area contributed by atoms with Crippen LogP contribution >= 0.6 is 0 Å². The van der Waals surface area contributed by atoms with Crippen molar-refractivity contribution in [1.82, 2.24) is 9.89 Å². The van der Waals surface area contributed by atoms with Crippen molar-refractivity contribution in [2.24, 2.45) is 0 Å². The topological polar surface area (TPSA) is 46.9 Å². The first-order valence-electron chi connectivity index (χ1n) is 9.02. The second-order valence-electron chi connectivity index (χ2n) is 6.42. The van der Waals surface area contributed by atoms with Gasteiger partial charge < -0.3 is 0 Å². The van der Waals surface area contributed by atoms with E-state index in [0.29, 0.717) is 11.3 Å². The van der Waals surface area contributed by atoms with E-state index in [1.807, 2.05) is 48.5 Å². The van der Waals surface area contributed by atoms with E-state index in [2.05, 4.69) is 10.5 Å². The van der Waals surface area contributed by atoms with Crippen molar-refractivity contribution >= 4 is 11.5 Å². The highest BCUT2D eigenvalue weighted by Crippen LogP contribution is 2.25. The predicted molar refractivity (Wildman–Crippen MR) is 108 cm³/mol. The molecule has 0 unspecified atom stereocenters. The zero-order valence-corrected chi connectivity index (χ0v) is 15.3. The quantitative estimate of drug-likeness (QED) is 0.437. The number of carbonyl (C=O) groups is 1. The SMILES string of the molecule is O=C(c1ccn(Nc2cccc(C(F)F)c2)n1)c1ccccc1-c1ccccc1. The number of anilines is 1. The molecule has 0 amide bonds. The summed E-state index contributed by atoms with van der Waals surface area (Å²) in [6.07, 6.45) is -0.978. The maximum absolute atomic E-state index is 13.0. The molecule has 0 aliphatic heterocycles. The van der Waals surface area contributed by atoms with Crippen molar-refractivity contribution in [2.45, 2.75) is 6.43 Å². The third kappa shape index (κ3) is 4.06. The van der Waals surface area contributed by atoms with Crippen LogP contribution in [0.1, 0.15) is 28.0 Å².